The quantitative estimate of drug-likeness (QED) is 0.896. The molecule has 1 aliphatic carbocycles. The molecule has 6 heteroatoms. The molecule has 1 aliphatic heterocycles. The van der Waals surface area contributed by atoms with Gasteiger partial charge in [-0.2, -0.15) is 4.37 Å². The van der Waals surface area contributed by atoms with Gasteiger partial charge < -0.3 is 10.0 Å². The summed E-state index contributed by atoms with van der Waals surface area (Å²) in [6, 6.07) is -0.653. The number of carboxylic acid groups (broad SMARTS) is 1. The number of fused-ring (bicyclic) bond motifs is 1. The Morgan fingerprint density at radius 3 is 2.89 bits per heavy atom. The van der Waals surface area contributed by atoms with Crippen molar-refractivity contribution >= 4 is 23.4 Å². The molecule has 2 aliphatic rings. The average molecular weight is 280 g/mol. The lowest BCUT2D eigenvalue weighted by molar-refractivity contribution is -0.142. The minimum absolute atomic E-state index is 0.133. The first kappa shape index (κ1) is 12.6. The molecule has 0 spiro atoms. The zero-order valence-electron chi connectivity index (χ0n) is 10.7. The van der Waals surface area contributed by atoms with Crippen LogP contribution in [-0.4, -0.2) is 38.8 Å². The summed E-state index contributed by atoms with van der Waals surface area (Å²) >= 11 is 1.24. The zero-order valence-corrected chi connectivity index (χ0v) is 11.5. The Balaban J connectivity index is 1.90. The molecule has 1 aromatic heterocycles. The minimum Gasteiger partial charge on any atom is -0.480 e. The monoisotopic (exact) mass is 280 g/mol. The van der Waals surface area contributed by atoms with E-state index >= 15 is 0 Å². The molecule has 2 heterocycles. The average Bonchev–Trinajstić information content (AvgIpc) is 3.00. The molecule has 1 N–H and O–H groups in total. The SMILES string of the molecule is Cc1nscc1C(=O)N1C[C@@H]2CCC[C@H]2[C@H]1C(=O)O. The smallest absolute Gasteiger partial charge is 0.326 e. The van der Waals surface area contributed by atoms with Crippen LogP contribution in [0.4, 0.5) is 0 Å². The third-order valence-electron chi connectivity index (χ3n) is 4.38. The first-order chi connectivity index (χ1) is 9.09. The van der Waals surface area contributed by atoms with E-state index in [0.717, 1.165) is 19.3 Å². The summed E-state index contributed by atoms with van der Waals surface area (Å²) in [6.45, 7) is 2.37. The van der Waals surface area contributed by atoms with Gasteiger partial charge in [0.05, 0.1) is 11.3 Å². The van der Waals surface area contributed by atoms with E-state index in [1.165, 1.54) is 11.5 Å². The van der Waals surface area contributed by atoms with Crippen LogP contribution in [0.2, 0.25) is 0 Å². The number of carbonyl (C=O) groups is 2. The van der Waals surface area contributed by atoms with Crippen LogP contribution in [0.15, 0.2) is 5.38 Å². The van der Waals surface area contributed by atoms with E-state index in [-0.39, 0.29) is 11.8 Å². The van der Waals surface area contributed by atoms with Gasteiger partial charge in [0.1, 0.15) is 6.04 Å². The van der Waals surface area contributed by atoms with E-state index in [4.69, 9.17) is 0 Å². The summed E-state index contributed by atoms with van der Waals surface area (Å²) in [6.07, 6.45) is 3.05. The molecule has 1 saturated heterocycles. The number of likely N-dealkylation sites (tertiary alicyclic amines) is 1. The normalized spacial score (nSPS) is 29.5. The maximum Gasteiger partial charge on any atom is 0.326 e. The Hall–Kier alpha value is -1.43. The Bertz CT molecular complexity index is 528. The third kappa shape index (κ3) is 1.94. The topological polar surface area (TPSA) is 70.5 Å². The number of aromatic nitrogens is 1. The van der Waals surface area contributed by atoms with Crippen LogP contribution in [0.5, 0.6) is 0 Å². The Morgan fingerprint density at radius 2 is 2.26 bits per heavy atom. The van der Waals surface area contributed by atoms with Crippen LogP contribution in [0.1, 0.15) is 35.3 Å². The highest BCUT2D eigenvalue weighted by atomic mass is 32.1. The van der Waals surface area contributed by atoms with Gasteiger partial charge in [-0.25, -0.2) is 4.79 Å². The van der Waals surface area contributed by atoms with Gasteiger partial charge in [0.2, 0.25) is 0 Å². The van der Waals surface area contributed by atoms with E-state index in [2.05, 4.69) is 4.37 Å². The highest BCUT2D eigenvalue weighted by molar-refractivity contribution is 7.03. The van der Waals surface area contributed by atoms with Gasteiger partial charge in [0, 0.05) is 11.9 Å². The fourth-order valence-electron chi connectivity index (χ4n) is 3.48. The second-order valence-electron chi connectivity index (χ2n) is 5.41. The number of nitrogens with zero attached hydrogens (tertiary/aromatic N) is 2. The highest BCUT2D eigenvalue weighted by Gasteiger charge is 2.49. The fourth-order valence-corrected chi connectivity index (χ4v) is 4.17. The van der Waals surface area contributed by atoms with Gasteiger partial charge in [-0.15, -0.1) is 0 Å². The molecule has 3 atom stereocenters. The Morgan fingerprint density at radius 1 is 1.47 bits per heavy atom. The standard InChI is InChI=1S/C13H16N2O3S/c1-7-10(6-19-14-7)12(16)15-5-8-3-2-4-9(8)11(15)13(17)18/h6,8-9,11H,2-5H2,1H3,(H,17,18)/t8-,9+,11-/m0/s1. The number of amides is 1. The maximum atomic E-state index is 12.5. The van der Waals surface area contributed by atoms with E-state index in [9.17, 15) is 14.7 Å². The lowest BCUT2D eigenvalue weighted by Crippen LogP contribution is -2.43. The molecule has 1 aromatic rings. The molecular weight excluding hydrogens is 264 g/mol. The first-order valence-corrected chi connectivity index (χ1v) is 7.38. The maximum absolute atomic E-state index is 12.5. The number of rotatable bonds is 2. The molecule has 102 valence electrons. The Kier molecular flexibility index (Phi) is 3.05. The fraction of sp³-hybridized carbons (Fsp3) is 0.615. The van der Waals surface area contributed by atoms with Gasteiger partial charge in [-0.05, 0) is 43.1 Å². The van der Waals surface area contributed by atoms with Crippen molar-refractivity contribution < 1.29 is 14.7 Å². The van der Waals surface area contributed by atoms with Crippen molar-refractivity contribution in [3.05, 3.63) is 16.6 Å². The number of hydrogen-bond acceptors (Lipinski definition) is 4. The summed E-state index contributed by atoms with van der Waals surface area (Å²) < 4.78 is 4.10. The number of aryl methyl sites for hydroxylation is 1. The van der Waals surface area contributed by atoms with Crippen molar-refractivity contribution in [3.8, 4) is 0 Å². The van der Waals surface area contributed by atoms with Crippen molar-refractivity contribution in [2.45, 2.75) is 32.2 Å². The second kappa shape index (κ2) is 4.59. The van der Waals surface area contributed by atoms with E-state index in [0.29, 0.717) is 23.7 Å². The molecule has 1 amide bonds. The van der Waals surface area contributed by atoms with Crippen LogP contribution in [0, 0.1) is 18.8 Å². The number of aliphatic carboxylic acids is 1. The van der Waals surface area contributed by atoms with Crippen LogP contribution < -0.4 is 0 Å². The summed E-state index contributed by atoms with van der Waals surface area (Å²) in [7, 11) is 0. The predicted octanol–water partition coefficient (Wildman–Crippen LogP) is 1.78. The van der Waals surface area contributed by atoms with Gasteiger partial charge in [0.15, 0.2) is 0 Å². The molecule has 2 fully saturated rings. The lowest BCUT2D eigenvalue weighted by atomic mass is 9.94. The summed E-state index contributed by atoms with van der Waals surface area (Å²) in [5, 5.41) is 11.2. The lowest BCUT2D eigenvalue weighted by Gasteiger charge is -2.24. The highest BCUT2D eigenvalue weighted by Crippen LogP contribution is 2.42. The summed E-state index contributed by atoms with van der Waals surface area (Å²) in [4.78, 5) is 25.6. The van der Waals surface area contributed by atoms with Crippen LogP contribution >= 0.6 is 11.5 Å². The third-order valence-corrected chi connectivity index (χ3v) is 5.11. The molecule has 3 rings (SSSR count). The first-order valence-electron chi connectivity index (χ1n) is 6.54. The van der Waals surface area contributed by atoms with Crippen molar-refractivity contribution in [2.24, 2.45) is 11.8 Å². The largest absolute Gasteiger partial charge is 0.480 e. The molecule has 0 aromatic carbocycles. The van der Waals surface area contributed by atoms with Crippen molar-refractivity contribution in [1.82, 2.24) is 9.27 Å². The van der Waals surface area contributed by atoms with Gasteiger partial charge in [-0.1, -0.05) is 6.42 Å². The molecule has 0 unspecified atom stereocenters. The molecular formula is C13H16N2O3S. The van der Waals surface area contributed by atoms with Gasteiger partial charge in [-0.3, -0.25) is 4.79 Å². The molecule has 0 bridgehead atoms. The van der Waals surface area contributed by atoms with Gasteiger partial charge >= 0.3 is 5.97 Å². The zero-order chi connectivity index (χ0) is 13.6. The number of carbonyl (C=O) groups excluding carboxylic acids is 1. The van der Waals surface area contributed by atoms with Crippen molar-refractivity contribution in [1.29, 1.82) is 0 Å². The van der Waals surface area contributed by atoms with E-state index in [1.54, 1.807) is 17.2 Å². The van der Waals surface area contributed by atoms with Gasteiger partial charge in [0.25, 0.3) is 5.91 Å². The molecule has 0 radical (unpaired) electrons. The van der Waals surface area contributed by atoms with Crippen LogP contribution in [-0.2, 0) is 4.79 Å². The minimum atomic E-state index is -0.872. The number of hydrogen-bond donors (Lipinski definition) is 1. The summed E-state index contributed by atoms with van der Waals surface area (Å²) in [5.74, 6) is -0.554. The van der Waals surface area contributed by atoms with Crippen LogP contribution in [0.3, 0.4) is 0 Å². The molecule has 19 heavy (non-hydrogen) atoms. The molecule has 1 saturated carbocycles. The van der Waals surface area contributed by atoms with Crippen molar-refractivity contribution in [2.75, 3.05) is 6.54 Å². The van der Waals surface area contributed by atoms with Crippen molar-refractivity contribution in [3.63, 3.8) is 0 Å². The Labute approximate surface area is 115 Å². The molecule has 5 nitrogen and oxygen atoms in total. The van der Waals surface area contributed by atoms with E-state index < -0.39 is 12.0 Å². The number of carboxylic acids is 1. The van der Waals surface area contributed by atoms with Crippen LogP contribution in [0.25, 0.3) is 0 Å². The van der Waals surface area contributed by atoms with E-state index in [1.807, 2.05) is 0 Å². The predicted molar refractivity (Wildman–Crippen MR) is 70.1 cm³/mol. The summed E-state index contributed by atoms with van der Waals surface area (Å²) in [5.41, 5.74) is 1.24. The second-order valence-corrected chi connectivity index (χ2v) is 6.04.